The van der Waals surface area contributed by atoms with Gasteiger partial charge in [-0.25, -0.2) is 4.68 Å². The first-order chi connectivity index (χ1) is 10.5. The van der Waals surface area contributed by atoms with Crippen LogP contribution >= 0.6 is 0 Å². The van der Waals surface area contributed by atoms with Crippen molar-refractivity contribution in [3.63, 3.8) is 0 Å². The second kappa shape index (κ2) is 5.96. The zero-order valence-corrected chi connectivity index (χ0v) is 12.8. The van der Waals surface area contributed by atoms with E-state index in [1.54, 1.807) is 22.0 Å². The average molecular weight is 308 g/mol. The number of hydrogen-bond donors (Lipinski definition) is 2. The Balaban J connectivity index is 1.68. The molecule has 1 saturated carbocycles. The quantitative estimate of drug-likeness (QED) is 0.839. The third-order valence-electron chi connectivity index (χ3n) is 4.85. The molecule has 1 aromatic heterocycles. The van der Waals surface area contributed by atoms with Crippen LogP contribution in [0.2, 0.25) is 0 Å². The van der Waals surface area contributed by atoms with Crippen LogP contribution in [0.1, 0.15) is 44.9 Å². The predicted octanol–water partition coefficient (Wildman–Crippen LogP) is 0.327. The van der Waals surface area contributed by atoms with Crippen molar-refractivity contribution < 1.29 is 15.0 Å². The standard InChI is InChI=1S/C15H24N4O3/c20-13(15(22)6-2-1-3-7-15)18-9-4-5-14(21,11-18)12-19-10-8-16-17-19/h8,10,21-22H,1-7,9,11-12H2. The molecule has 1 aliphatic heterocycles. The van der Waals surface area contributed by atoms with Crippen LogP contribution in [0, 0.1) is 0 Å². The molecule has 1 aliphatic carbocycles. The monoisotopic (exact) mass is 308 g/mol. The van der Waals surface area contributed by atoms with Crippen molar-refractivity contribution in [2.24, 2.45) is 0 Å². The summed E-state index contributed by atoms with van der Waals surface area (Å²) >= 11 is 0. The molecule has 1 aromatic rings. The molecule has 2 heterocycles. The molecular formula is C15H24N4O3. The summed E-state index contributed by atoms with van der Waals surface area (Å²) in [5.41, 5.74) is -2.24. The molecule has 1 unspecified atom stereocenters. The zero-order chi connectivity index (χ0) is 15.6. The summed E-state index contributed by atoms with van der Waals surface area (Å²) in [6, 6.07) is 0. The Morgan fingerprint density at radius 1 is 1.14 bits per heavy atom. The van der Waals surface area contributed by atoms with E-state index in [9.17, 15) is 15.0 Å². The number of β-amino-alcohol motifs (C(OH)–C–C–N with tert-alkyl or cyclic N) is 1. The smallest absolute Gasteiger partial charge is 0.254 e. The largest absolute Gasteiger partial charge is 0.386 e. The number of piperidine rings is 1. The summed E-state index contributed by atoms with van der Waals surface area (Å²) in [6.07, 6.45) is 8.54. The second-order valence-electron chi connectivity index (χ2n) is 6.75. The van der Waals surface area contributed by atoms with Gasteiger partial charge < -0.3 is 15.1 Å². The van der Waals surface area contributed by atoms with E-state index in [1.807, 2.05) is 0 Å². The molecule has 7 heteroatoms. The normalized spacial score (nSPS) is 28.5. The van der Waals surface area contributed by atoms with Gasteiger partial charge >= 0.3 is 0 Å². The summed E-state index contributed by atoms with van der Waals surface area (Å²) in [7, 11) is 0. The van der Waals surface area contributed by atoms with Crippen molar-refractivity contribution in [3.8, 4) is 0 Å². The fraction of sp³-hybridized carbons (Fsp3) is 0.800. The molecule has 2 aliphatic rings. The van der Waals surface area contributed by atoms with Crippen LogP contribution < -0.4 is 0 Å². The van der Waals surface area contributed by atoms with Crippen molar-refractivity contribution in [3.05, 3.63) is 12.4 Å². The predicted molar refractivity (Wildman–Crippen MR) is 78.8 cm³/mol. The van der Waals surface area contributed by atoms with E-state index in [1.165, 1.54) is 0 Å². The second-order valence-corrected chi connectivity index (χ2v) is 6.75. The summed E-state index contributed by atoms with van der Waals surface area (Å²) < 4.78 is 1.59. The number of rotatable bonds is 3. The van der Waals surface area contributed by atoms with E-state index in [2.05, 4.69) is 10.3 Å². The first kappa shape index (κ1) is 15.4. The molecule has 3 rings (SSSR count). The van der Waals surface area contributed by atoms with E-state index in [0.717, 1.165) is 25.7 Å². The van der Waals surface area contributed by atoms with Crippen LogP contribution in [0.15, 0.2) is 12.4 Å². The van der Waals surface area contributed by atoms with E-state index in [-0.39, 0.29) is 12.5 Å². The van der Waals surface area contributed by atoms with Gasteiger partial charge in [-0.05, 0) is 25.7 Å². The maximum absolute atomic E-state index is 12.7. The van der Waals surface area contributed by atoms with Crippen molar-refractivity contribution in [1.82, 2.24) is 19.9 Å². The van der Waals surface area contributed by atoms with Crippen LogP contribution in [0.25, 0.3) is 0 Å². The van der Waals surface area contributed by atoms with Crippen LogP contribution in [-0.2, 0) is 11.3 Å². The number of hydrogen-bond acceptors (Lipinski definition) is 5. The van der Waals surface area contributed by atoms with Crippen molar-refractivity contribution in [1.29, 1.82) is 0 Å². The highest BCUT2D eigenvalue weighted by atomic mass is 16.3. The molecule has 1 atom stereocenters. The third kappa shape index (κ3) is 3.15. The van der Waals surface area contributed by atoms with Gasteiger partial charge in [-0.3, -0.25) is 4.79 Å². The number of likely N-dealkylation sites (tertiary alicyclic amines) is 1. The Morgan fingerprint density at radius 2 is 1.91 bits per heavy atom. The molecule has 122 valence electrons. The number of amides is 1. The Hall–Kier alpha value is -1.47. The molecule has 1 amide bonds. The zero-order valence-electron chi connectivity index (χ0n) is 12.8. The lowest BCUT2D eigenvalue weighted by atomic mass is 9.82. The lowest BCUT2D eigenvalue weighted by Crippen LogP contribution is -2.58. The van der Waals surface area contributed by atoms with Gasteiger partial charge in [0.15, 0.2) is 0 Å². The Labute approximate surface area is 129 Å². The van der Waals surface area contributed by atoms with Gasteiger partial charge in [-0.2, -0.15) is 0 Å². The van der Waals surface area contributed by atoms with Crippen LogP contribution in [0.4, 0.5) is 0 Å². The highest BCUT2D eigenvalue weighted by Gasteiger charge is 2.44. The van der Waals surface area contributed by atoms with Crippen LogP contribution in [0.5, 0.6) is 0 Å². The molecule has 22 heavy (non-hydrogen) atoms. The van der Waals surface area contributed by atoms with Gasteiger partial charge in [0.05, 0.1) is 19.3 Å². The molecule has 0 aromatic carbocycles. The maximum Gasteiger partial charge on any atom is 0.254 e. The summed E-state index contributed by atoms with van der Waals surface area (Å²) in [5, 5.41) is 29.0. The molecule has 0 radical (unpaired) electrons. The fourth-order valence-electron chi connectivity index (χ4n) is 3.68. The van der Waals surface area contributed by atoms with E-state index in [0.29, 0.717) is 32.4 Å². The van der Waals surface area contributed by atoms with E-state index in [4.69, 9.17) is 0 Å². The number of aromatic nitrogens is 3. The molecule has 0 spiro atoms. The first-order valence-corrected chi connectivity index (χ1v) is 8.09. The summed E-state index contributed by atoms with van der Waals surface area (Å²) in [4.78, 5) is 14.3. The summed E-state index contributed by atoms with van der Waals surface area (Å²) in [5.74, 6) is -0.219. The third-order valence-corrected chi connectivity index (χ3v) is 4.85. The van der Waals surface area contributed by atoms with Crippen LogP contribution in [0.3, 0.4) is 0 Å². The minimum Gasteiger partial charge on any atom is -0.386 e. The molecule has 7 nitrogen and oxygen atoms in total. The minimum absolute atomic E-state index is 0.219. The molecular weight excluding hydrogens is 284 g/mol. The lowest BCUT2D eigenvalue weighted by molar-refractivity contribution is -0.162. The molecule has 1 saturated heterocycles. The topological polar surface area (TPSA) is 91.5 Å². The molecule has 0 bridgehead atoms. The van der Waals surface area contributed by atoms with Crippen molar-refractivity contribution in [2.45, 2.75) is 62.7 Å². The number of aliphatic hydroxyl groups is 2. The average Bonchev–Trinajstić information content (AvgIpc) is 2.99. The SMILES string of the molecule is O=C(N1CCCC(O)(Cn2ccnn2)C1)C1(O)CCCCC1. The number of nitrogens with zero attached hydrogens (tertiary/aromatic N) is 4. The Bertz CT molecular complexity index is 513. The van der Waals surface area contributed by atoms with Gasteiger partial charge in [-0.1, -0.05) is 24.5 Å². The van der Waals surface area contributed by atoms with Gasteiger partial charge in [0, 0.05) is 12.7 Å². The molecule has 2 fully saturated rings. The Kier molecular flexibility index (Phi) is 4.18. The van der Waals surface area contributed by atoms with E-state index >= 15 is 0 Å². The summed E-state index contributed by atoms with van der Waals surface area (Å²) in [6.45, 7) is 1.16. The lowest BCUT2D eigenvalue weighted by Gasteiger charge is -2.43. The van der Waals surface area contributed by atoms with Crippen molar-refractivity contribution in [2.75, 3.05) is 13.1 Å². The minimum atomic E-state index is -1.23. The highest BCUT2D eigenvalue weighted by Crippen LogP contribution is 2.32. The Morgan fingerprint density at radius 3 is 2.59 bits per heavy atom. The van der Waals surface area contributed by atoms with E-state index < -0.39 is 11.2 Å². The number of carbonyl (C=O) groups excluding carboxylic acids is 1. The van der Waals surface area contributed by atoms with Crippen LogP contribution in [-0.4, -0.2) is 60.3 Å². The van der Waals surface area contributed by atoms with Crippen molar-refractivity contribution >= 4 is 5.91 Å². The number of carbonyl (C=O) groups is 1. The highest BCUT2D eigenvalue weighted by molar-refractivity contribution is 5.85. The van der Waals surface area contributed by atoms with Gasteiger partial charge in [0.25, 0.3) is 5.91 Å². The fourth-order valence-corrected chi connectivity index (χ4v) is 3.68. The maximum atomic E-state index is 12.7. The molecule has 2 N–H and O–H groups in total. The first-order valence-electron chi connectivity index (χ1n) is 8.09. The van der Waals surface area contributed by atoms with Gasteiger partial charge in [-0.15, -0.1) is 5.10 Å². The van der Waals surface area contributed by atoms with Gasteiger partial charge in [0.1, 0.15) is 11.2 Å². The van der Waals surface area contributed by atoms with Gasteiger partial charge in [0.2, 0.25) is 0 Å².